The van der Waals surface area contributed by atoms with E-state index >= 15 is 0 Å². The molecule has 0 spiro atoms. The number of fused-ring (bicyclic) bond motifs is 2. The van der Waals surface area contributed by atoms with E-state index in [0.29, 0.717) is 5.82 Å². The number of nitrogens with one attached hydrogen (secondary N) is 1. The molecule has 0 radical (unpaired) electrons. The fourth-order valence-electron chi connectivity index (χ4n) is 4.24. The minimum Gasteiger partial charge on any atom is -0.337 e. The van der Waals surface area contributed by atoms with Gasteiger partial charge < -0.3 is 10.2 Å². The Bertz CT molecular complexity index is 1210. The maximum atomic E-state index is 13.7. The number of hydrogen-bond donors (Lipinski definition) is 1. The Labute approximate surface area is 187 Å². The van der Waals surface area contributed by atoms with Gasteiger partial charge in [-0.3, -0.25) is 9.98 Å². The number of rotatable bonds is 4. The maximum absolute atomic E-state index is 13.7. The first kappa shape index (κ1) is 20.1. The molecule has 2 aromatic carbocycles. The molecule has 1 atom stereocenters. The molecule has 1 aromatic heterocycles. The molecule has 0 saturated heterocycles. The molecule has 160 valence electrons. The lowest BCUT2D eigenvalue weighted by molar-refractivity contribution is 0.627. The highest BCUT2D eigenvalue weighted by atomic mass is 19.1. The maximum Gasteiger partial charge on any atom is 0.148 e. The molecule has 1 aliphatic carbocycles. The van der Waals surface area contributed by atoms with Crippen molar-refractivity contribution in [1.29, 1.82) is 0 Å². The van der Waals surface area contributed by atoms with Gasteiger partial charge in [-0.15, -0.1) is 0 Å². The number of allylic oxidation sites excluding steroid dienone is 2. The SMILES string of the molecule is CC(C)N=C1C=C2C(C=C1Nc1cnccn1)Cc1ccccc1N2c1ccc(F)cc1. The van der Waals surface area contributed by atoms with E-state index in [1.165, 1.54) is 17.7 Å². The van der Waals surface area contributed by atoms with Gasteiger partial charge in [-0.25, -0.2) is 9.37 Å². The van der Waals surface area contributed by atoms with Crippen molar-refractivity contribution in [2.75, 3.05) is 10.2 Å². The van der Waals surface area contributed by atoms with Crippen molar-refractivity contribution < 1.29 is 4.39 Å². The van der Waals surface area contributed by atoms with E-state index in [9.17, 15) is 4.39 Å². The monoisotopic (exact) mass is 425 g/mol. The van der Waals surface area contributed by atoms with Gasteiger partial charge in [0.1, 0.15) is 11.6 Å². The van der Waals surface area contributed by atoms with Crippen LogP contribution < -0.4 is 10.2 Å². The molecule has 1 aliphatic heterocycles. The molecule has 1 N–H and O–H groups in total. The van der Waals surface area contributed by atoms with E-state index in [0.717, 1.165) is 34.9 Å². The van der Waals surface area contributed by atoms with Crippen molar-refractivity contribution in [3.63, 3.8) is 0 Å². The number of hydrogen-bond acceptors (Lipinski definition) is 5. The van der Waals surface area contributed by atoms with Gasteiger partial charge in [0.25, 0.3) is 0 Å². The Kier molecular flexibility index (Phi) is 5.27. The van der Waals surface area contributed by atoms with Crippen LogP contribution in [-0.4, -0.2) is 21.7 Å². The molecular weight excluding hydrogens is 401 g/mol. The summed E-state index contributed by atoms with van der Waals surface area (Å²) in [5.41, 5.74) is 6.20. The highest BCUT2D eigenvalue weighted by molar-refractivity contribution is 6.12. The van der Waals surface area contributed by atoms with Gasteiger partial charge in [-0.05, 0) is 68.3 Å². The summed E-state index contributed by atoms with van der Waals surface area (Å²) in [4.78, 5) is 15.6. The van der Waals surface area contributed by atoms with Crippen molar-refractivity contribution in [3.8, 4) is 0 Å². The predicted molar refractivity (Wildman–Crippen MR) is 127 cm³/mol. The minimum atomic E-state index is -0.245. The highest BCUT2D eigenvalue weighted by Gasteiger charge is 2.33. The molecule has 0 saturated carbocycles. The lowest BCUT2D eigenvalue weighted by Gasteiger charge is -2.40. The number of benzene rings is 2. The van der Waals surface area contributed by atoms with Crippen molar-refractivity contribution in [2.24, 2.45) is 10.9 Å². The van der Waals surface area contributed by atoms with E-state index in [4.69, 9.17) is 4.99 Å². The van der Waals surface area contributed by atoms with E-state index in [-0.39, 0.29) is 17.8 Å². The summed E-state index contributed by atoms with van der Waals surface area (Å²) in [5.74, 6) is 0.574. The van der Waals surface area contributed by atoms with Crippen LogP contribution in [0.25, 0.3) is 0 Å². The van der Waals surface area contributed by atoms with Gasteiger partial charge in [-0.1, -0.05) is 18.2 Å². The molecule has 6 heteroatoms. The van der Waals surface area contributed by atoms with Crippen LogP contribution >= 0.6 is 0 Å². The van der Waals surface area contributed by atoms with E-state index in [1.807, 2.05) is 18.2 Å². The van der Waals surface area contributed by atoms with Gasteiger partial charge >= 0.3 is 0 Å². The summed E-state index contributed by atoms with van der Waals surface area (Å²) in [6, 6.07) is 15.2. The zero-order valence-corrected chi connectivity index (χ0v) is 18.0. The molecule has 3 aromatic rings. The highest BCUT2D eigenvalue weighted by Crippen LogP contribution is 2.43. The smallest absolute Gasteiger partial charge is 0.148 e. The van der Waals surface area contributed by atoms with Gasteiger partial charge in [0.2, 0.25) is 0 Å². The largest absolute Gasteiger partial charge is 0.337 e. The van der Waals surface area contributed by atoms with Crippen LogP contribution in [-0.2, 0) is 6.42 Å². The summed E-state index contributed by atoms with van der Waals surface area (Å²) in [7, 11) is 0. The van der Waals surface area contributed by atoms with E-state index < -0.39 is 0 Å². The van der Waals surface area contributed by atoms with Gasteiger partial charge in [0, 0.05) is 41.4 Å². The Morgan fingerprint density at radius 1 is 1.09 bits per heavy atom. The van der Waals surface area contributed by atoms with E-state index in [1.54, 1.807) is 18.6 Å². The number of anilines is 3. The summed E-state index contributed by atoms with van der Waals surface area (Å²) in [6.45, 7) is 4.12. The van der Waals surface area contributed by atoms with Crippen LogP contribution in [0.4, 0.5) is 21.6 Å². The van der Waals surface area contributed by atoms with Crippen LogP contribution in [0.5, 0.6) is 0 Å². The number of aliphatic imine (C=N–C) groups is 1. The lowest BCUT2D eigenvalue weighted by Crippen LogP contribution is -2.33. The van der Waals surface area contributed by atoms with Crippen molar-refractivity contribution in [3.05, 3.63) is 102 Å². The Morgan fingerprint density at radius 2 is 1.91 bits per heavy atom. The second-order valence-corrected chi connectivity index (χ2v) is 8.22. The molecule has 5 nitrogen and oxygen atoms in total. The van der Waals surface area contributed by atoms with Gasteiger partial charge in [0.05, 0.1) is 17.6 Å². The second kappa shape index (κ2) is 8.38. The summed E-state index contributed by atoms with van der Waals surface area (Å²) in [5, 5.41) is 3.40. The quantitative estimate of drug-likeness (QED) is 0.585. The average Bonchev–Trinajstić information content (AvgIpc) is 2.79. The molecule has 5 rings (SSSR count). The molecule has 2 aliphatic rings. The van der Waals surface area contributed by atoms with Crippen LogP contribution in [0.15, 0.2) is 95.7 Å². The Balaban J connectivity index is 1.63. The zero-order chi connectivity index (χ0) is 22.1. The summed E-state index contributed by atoms with van der Waals surface area (Å²) in [6.07, 6.45) is 10.3. The first-order chi connectivity index (χ1) is 15.6. The van der Waals surface area contributed by atoms with Gasteiger partial charge in [-0.2, -0.15) is 0 Å². The zero-order valence-electron chi connectivity index (χ0n) is 18.0. The Morgan fingerprint density at radius 3 is 2.66 bits per heavy atom. The van der Waals surface area contributed by atoms with Crippen molar-refractivity contribution in [2.45, 2.75) is 26.3 Å². The van der Waals surface area contributed by atoms with Crippen LogP contribution in [0.3, 0.4) is 0 Å². The van der Waals surface area contributed by atoms with Crippen molar-refractivity contribution >= 4 is 22.9 Å². The average molecular weight is 426 g/mol. The molecule has 1 unspecified atom stereocenters. The minimum absolute atomic E-state index is 0.126. The first-order valence-corrected chi connectivity index (χ1v) is 10.8. The standard InChI is InChI=1S/C26H24FN5/c1-17(2)30-23-15-25-19(14-22(23)31-26-16-28-11-12-29-26)13-18-5-3-4-6-24(18)32(25)21-9-7-20(27)8-10-21/h3-12,14-17,19H,13H2,1-2H3,(H,29,31). The molecule has 0 amide bonds. The third-order valence-corrected chi connectivity index (χ3v) is 5.55. The molecule has 32 heavy (non-hydrogen) atoms. The van der Waals surface area contributed by atoms with Crippen LogP contribution in [0, 0.1) is 11.7 Å². The molecular formula is C26H24FN5. The third kappa shape index (κ3) is 3.91. The van der Waals surface area contributed by atoms with Gasteiger partial charge in [0.15, 0.2) is 0 Å². The first-order valence-electron chi connectivity index (χ1n) is 10.8. The Hall–Kier alpha value is -3.80. The van der Waals surface area contributed by atoms with Crippen LogP contribution in [0.1, 0.15) is 19.4 Å². The number of halogens is 1. The fourth-order valence-corrected chi connectivity index (χ4v) is 4.24. The second-order valence-electron chi connectivity index (χ2n) is 8.22. The number of nitrogens with zero attached hydrogens (tertiary/aromatic N) is 4. The molecule has 2 heterocycles. The van der Waals surface area contributed by atoms with Crippen molar-refractivity contribution in [1.82, 2.24) is 9.97 Å². The number of para-hydroxylation sites is 1. The van der Waals surface area contributed by atoms with Crippen LogP contribution in [0.2, 0.25) is 0 Å². The molecule has 0 bridgehead atoms. The summed E-state index contributed by atoms with van der Waals surface area (Å²) >= 11 is 0. The normalized spacial score (nSPS) is 18.7. The lowest BCUT2D eigenvalue weighted by atomic mass is 9.84. The predicted octanol–water partition coefficient (Wildman–Crippen LogP) is 5.67. The fraction of sp³-hybridized carbons (Fsp3) is 0.192. The van der Waals surface area contributed by atoms with E-state index in [2.05, 4.69) is 64.4 Å². The summed E-state index contributed by atoms with van der Waals surface area (Å²) < 4.78 is 13.7. The third-order valence-electron chi connectivity index (χ3n) is 5.55. The number of aromatic nitrogens is 2. The topological polar surface area (TPSA) is 53.4 Å². The molecule has 0 fully saturated rings.